The molecular formula is C17H16N4O5. The van der Waals surface area contributed by atoms with Crippen molar-refractivity contribution in [3.63, 3.8) is 0 Å². The van der Waals surface area contributed by atoms with E-state index in [1.807, 2.05) is 0 Å². The fourth-order valence-electron chi connectivity index (χ4n) is 2.91. The van der Waals surface area contributed by atoms with E-state index in [1.165, 1.54) is 17.7 Å². The van der Waals surface area contributed by atoms with Gasteiger partial charge < -0.3 is 9.73 Å². The number of benzene rings is 1. The van der Waals surface area contributed by atoms with Gasteiger partial charge in [0.1, 0.15) is 17.0 Å². The summed E-state index contributed by atoms with van der Waals surface area (Å²) in [5, 5.41) is 18.6. The third-order valence-corrected chi connectivity index (χ3v) is 4.00. The Hall–Kier alpha value is -3.49. The molecule has 2 heterocycles. The highest BCUT2D eigenvalue weighted by atomic mass is 16.6. The summed E-state index contributed by atoms with van der Waals surface area (Å²) in [4.78, 5) is 33.8. The molecule has 1 N–H and O–H groups in total. The topological polar surface area (TPSA) is 120 Å². The fraction of sp³-hybridized carbons (Fsp3) is 0.235. The van der Waals surface area contributed by atoms with Crippen LogP contribution < -0.4 is 10.9 Å². The predicted molar refractivity (Wildman–Crippen MR) is 94.2 cm³/mol. The van der Waals surface area contributed by atoms with Gasteiger partial charge in [0.2, 0.25) is 5.91 Å². The van der Waals surface area contributed by atoms with Crippen molar-refractivity contribution in [3.05, 3.63) is 61.8 Å². The molecule has 3 rings (SSSR count). The number of aromatic nitrogens is 2. The Morgan fingerprint density at radius 1 is 1.35 bits per heavy atom. The quantitative estimate of drug-likeness (QED) is 0.436. The maximum Gasteiger partial charge on any atom is 0.336 e. The molecule has 26 heavy (non-hydrogen) atoms. The van der Waals surface area contributed by atoms with Crippen LogP contribution in [0.4, 0.5) is 11.4 Å². The normalized spacial score (nSPS) is 10.9. The molecule has 0 aliphatic heterocycles. The zero-order valence-electron chi connectivity index (χ0n) is 14.4. The van der Waals surface area contributed by atoms with Gasteiger partial charge in [0.25, 0.3) is 0 Å². The number of fused-ring (bicyclic) bond motifs is 1. The van der Waals surface area contributed by atoms with Crippen molar-refractivity contribution >= 4 is 28.3 Å². The second-order valence-corrected chi connectivity index (χ2v) is 5.92. The number of amides is 1. The average Bonchev–Trinajstić information content (AvgIpc) is 2.80. The Labute approximate surface area is 147 Å². The van der Waals surface area contributed by atoms with E-state index < -0.39 is 10.5 Å². The van der Waals surface area contributed by atoms with Gasteiger partial charge in [-0.1, -0.05) is 0 Å². The van der Waals surface area contributed by atoms with E-state index in [0.717, 1.165) is 0 Å². The van der Waals surface area contributed by atoms with E-state index in [0.29, 0.717) is 33.6 Å². The fourth-order valence-corrected chi connectivity index (χ4v) is 2.91. The molecule has 0 saturated heterocycles. The number of carbonyl (C=O) groups is 1. The van der Waals surface area contributed by atoms with Crippen molar-refractivity contribution in [2.75, 3.05) is 5.32 Å². The van der Waals surface area contributed by atoms with Crippen LogP contribution in [-0.2, 0) is 11.3 Å². The number of nitro groups is 1. The van der Waals surface area contributed by atoms with Gasteiger partial charge in [-0.2, -0.15) is 5.10 Å². The van der Waals surface area contributed by atoms with E-state index in [2.05, 4.69) is 10.4 Å². The number of carbonyl (C=O) groups excluding carboxylic acids is 1. The average molecular weight is 356 g/mol. The highest BCUT2D eigenvalue weighted by Gasteiger charge is 2.22. The summed E-state index contributed by atoms with van der Waals surface area (Å²) in [6.07, 6.45) is 0. The van der Waals surface area contributed by atoms with Gasteiger partial charge in [-0.05, 0) is 31.5 Å². The first-order chi connectivity index (χ1) is 12.3. The van der Waals surface area contributed by atoms with E-state index >= 15 is 0 Å². The van der Waals surface area contributed by atoms with Crippen LogP contribution in [0, 0.1) is 24.0 Å². The van der Waals surface area contributed by atoms with Crippen LogP contribution >= 0.6 is 0 Å². The third-order valence-electron chi connectivity index (χ3n) is 4.00. The molecule has 0 atom stereocenters. The molecule has 3 aromatic rings. The molecule has 1 amide bonds. The van der Waals surface area contributed by atoms with Crippen LogP contribution in [0.3, 0.4) is 0 Å². The molecule has 0 radical (unpaired) electrons. The van der Waals surface area contributed by atoms with Crippen LogP contribution in [0.25, 0.3) is 11.0 Å². The number of nitrogens with zero attached hydrogens (tertiary/aromatic N) is 3. The molecule has 0 bridgehead atoms. The largest absolute Gasteiger partial charge is 0.423 e. The monoisotopic (exact) mass is 356 g/mol. The second-order valence-electron chi connectivity index (χ2n) is 5.92. The summed E-state index contributed by atoms with van der Waals surface area (Å²) < 4.78 is 6.70. The highest BCUT2D eigenvalue weighted by molar-refractivity contribution is 5.92. The Balaban J connectivity index is 2.08. The molecule has 0 unspecified atom stereocenters. The maximum absolute atomic E-state index is 11.9. The summed E-state index contributed by atoms with van der Waals surface area (Å²) in [6.45, 7) is 4.74. The standard InChI is InChI=1S/C17H16N4O5/c1-9-17(21(24)25)10(2)20(19-9)8-12-6-16(23)26-15-7-13(18-11(3)22)4-5-14(12)15/h4-7H,8H2,1-3H3,(H,18,22). The van der Waals surface area contributed by atoms with Crippen LogP contribution in [0.2, 0.25) is 0 Å². The lowest BCUT2D eigenvalue weighted by Crippen LogP contribution is -2.09. The Bertz CT molecular complexity index is 1100. The number of aryl methyl sites for hydroxylation is 1. The molecule has 1 aromatic carbocycles. The Morgan fingerprint density at radius 2 is 2.08 bits per heavy atom. The minimum Gasteiger partial charge on any atom is -0.423 e. The van der Waals surface area contributed by atoms with Gasteiger partial charge in [0.15, 0.2) is 0 Å². The lowest BCUT2D eigenvalue weighted by molar-refractivity contribution is -0.386. The number of hydrogen-bond acceptors (Lipinski definition) is 6. The molecule has 134 valence electrons. The maximum atomic E-state index is 11.9. The molecular weight excluding hydrogens is 340 g/mol. The summed E-state index contributed by atoms with van der Waals surface area (Å²) in [7, 11) is 0. The zero-order valence-corrected chi connectivity index (χ0v) is 14.4. The lowest BCUT2D eigenvalue weighted by Gasteiger charge is -2.08. The third kappa shape index (κ3) is 3.18. The minimum absolute atomic E-state index is 0.0368. The van der Waals surface area contributed by atoms with Gasteiger partial charge in [-0.3, -0.25) is 19.6 Å². The molecule has 9 heteroatoms. The van der Waals surface area contributed by atoms with Crippen molar-refractivity contribution < 1.29 is 14.1 Å². The molecule has 2 aromatic heterocycles. The zero-order chi connectivity index (χ0) is 19.0. The van der Waals surface area contributed by atoms with E-state index in [9.17, 15) is 19.7 Å². The van der Waals surface area contributed by atoms with Gasteiger partial charge in [0, 0.05) is 30.1 Å². The second kappa shape index (κ2) is 6.43. The summed E-state index contributed by atoms with van der Waals surface area (Å²) in [5.74, 6) is -0.238. The molecule has 0 aliphatic carbocycles. The summed E-state index contributed by atoms with van der Waals surface area (Å²) >= 11 is 0. The van der Waals surface area contributed by atoms with E-state index in [-0.39, 0.29) is 18.1 Å². The first-order valence-electron chi connectivity index (χ1n) is 7.79. The van der Waals surface area contributed by atoms with Gasteiger partial charge >= 0.3 is 11.3 Å². The van der Waals surface area contributed by atoms with Crippen LogP contribution in [-0.4, -0.2) is 20.6 Å². The molecule has 0 spiro atoms. The summed E-state index contributed by atoms with van der Waals surface area (Å²) in [5.41, 5.74) is 1.57. The van der Waals surface area contributed by atoms with Crippen LogP contribution in [0.5, 0.6) is 0 Å². The smallest absolute Gasteiger partial charge is 0.336 e. The van der Waals surface area contributed by atoms with E-state index in [4.69, 9.17) is 4.42 Å². The van der Waals surface area contributed by atoms with Crippen LogP contribution in [0.15, 0.2) is 33.5 Å². The van der Waals surface area contributed by atoms with Crippen molar-refractivity contribution in [1.29, 1.82) is 0 Å². The number of hydrogen-bond donors (Lipinski definition) is 1. The van der Waals surface area contributed by atoms with Gasteiger partial charge in [-0.15, -0.1) is 0 Å². The molecule has 0 aliphatic rings. The molecule has 9 nitrogen and oxygen atoms in total. The summed E-state index contributed by atoms with van der Waals surface area (Å²) in [6, 6.07) is 6.31. The van der Waals surface area contributed by atoms with Crippen molar-refractivity contribution in [2.45, 2.75) is 27.3 Å². The SMILES string of the molecule is CC(=O)Nc1ccc2c(Cn3nc(C)c([N+](=O)[O-])c3C)cc(=O)oc2c1. The molecule has 0 fully saturated rings. The van der Waals surface area contributed by atoms with Crippen molar-refractivity contribution in [2.24, 2.45) is 0 Å². The van der Waals surface area contributed by atoms with Crippen molar-refractivity contribution in [1.82, 2.24) is 9.78 Å². The van der Waals surface area contributed by atoms with Crippen LogP contribution in [0.1, 0.15) is 23.9 Å². The predicted octanol–water partition coefficient (Wildman–Crippen LogP) is 2.52. The first-order valence-corrected chi connectivity index (χ1v) is 7.79. The van der Waals surface area contributed by atoms with E-state index in [1.54, 1.807) is 32.0 Å². The van der Waals surface area contributed by atoms with Gasteiger partial charge in [0.05, 0.1) is 11.5 Å². The lowest BCUT2D eigenvalue weighted by atomic mass is 10.1. The first kappa shape index (κ1) is 17.3. The Morgan fingerprint density at radius 3 is 2.69 bits per heavy atom. The van der Waals surface area contributed by atoms with Crippen molar-refractivity contribution in [3.8, 4) is 0 Å². The molecule has 0 saturated carbocycles. The minimum atomic E-state index is -0.552. The number of anilines is 1. The highest BCUT2D eigenvalue weighted by Crippen LogP contribution is 2.25. The van der Waals surface area contributed by atoms with Gasteiger partial charge in [-0.25, -0.2) is 4.79 Å². The Kier molecular flexibility index (Phi) is 4.29. The number of nitrogens with one attached hydrogen (secondary N) is 1. The number of rotatable bonds is 4.